The van der Waals surface area contributed by atoms with Gasteiger partial charge in [0.1, 0.15) is 6.42 Å². The highest BCUT2D eigenvalue weighted by atomic mass is 35.5. The summed E-state index contributed by atoms with van der Waals surface area (Å²) in [4.78, 5) is 23.4. The summed E-state index contributed by atoms with van der Waals surface area (Å²) in [5.74, 6) is -0.872. The molecule has 21 heavy (non-hydrogen) atoms. The minimum absolute atomic E-state index is 0.257. The maximum atomic E-state index is 12.0. The number of halogens is 1. The zero-order valence-electron chi connectivity index (χ0n) is 11.6. The third kappa shape index (κ3) is 3.92. The van der Waals surface area contributed by atoms with Crippen molar-refractivity contribution in [2.75, 3.05) is 6.61 Å². The highest BCUT2D eigenvalue weighted by Gasteiger charge is 2.16. The molecule has 2 aromatic carbocycles. The Hall–Kier alpha value is -2.13. The first kappa shape index (κ1) is 15.3. The van der Waals surface area contributed by atoms with Crippen molar-refractivity contribution < 1.29 is 14.3 Å². The highest BCUT2D eigenvalue weighted by molar-refractivity contribution is 6.34. The predicted molar refractivity (Wildman–Crippen MR) is 82.5 cm³/mol. The molecule has 0 radical (unpaired) electrons. The van der Waals surface area contributed by atoms with Crippen molar-refractivity contribution in [3.63, 3.8) is 0 Å². The van der Waals surface area contributed by atoms with Gasteiger partial charge >= 0.3 is 5.97 Å². The first-order valence-corrected chi connectivity index (χ1v) is 7.03. The molecule has 2 aromatic rings. The fourth-order valence-corrected chi connectivity index (χ4v) is 2.28. The number of carbonyl (C=O) groups excluding carboxylic acids is 2. The molecule has 0 fully saturated rings. The van der Waals surface area contributed by atoms with Crippen molar-refractivity contribution in [3.8, 4) is 11.1 Å². The van der Waals surface area contributed by atoms with Crippen LogP contribution in [-0.4, -0.2) is 18.4 Å². The lowest BCUT2D eigenvalue weighted by Crippen LogP contribution is -2.11. The summed E-state index contributed by atoms with van der Waals surface area (Å²) in [6, 6.07) is 14.9. The van der Waals surface area contributed by atoms with Crippen LogP contribution in [0, 0.1) is 0 Å². The third-order valence-corrected chi connectivity index (χ3v) is 3.30. The van der Waals surface area contributed by atoms with Crippen LogP contribution in [0.1, 0.15) is 23.7 Å². The van der Waals surface area contributed by atoms with Gasteiger partial charge in [0.05, 0.1) is 11.6 Å². The standard InChI is InChI=1S/C17H15ClO3/c1-2-21-17(20)11-16(19)14-9-8-13(10-15(14)18)12-6-4-3-5-7-12/h3-10H,2,11H2,1H3. The van der Waals surface area contributed by atoms with Crippen LogP contribution in [0.4, 0.5) is 0 Å². The monoisotopic (exact) mass is 302 g/mol. The van der Waals surface area contributed by atoms with E-state index in [4.69, 9.17) is 16.3 Å². The van der Waals surface area contributed by atoms with E-state index in [-0.39, 0.29) is 18.8 Å². The molecule has 0 aliphatic carbocycles. The first-order valence-electron chi connectivity index (χ1n) is 6.65. The Labute approximate surface area is 128 Å². The van der Waals surface area contributed by atoms with E-state index in [1.807, 2.05) is 36.4 Å². The Bertz CT molecular complexity index is 650. The van der Waals surface area contributed by atoms with Crippen LogP contribution in [0.15, 0.2) is 48.5 Å². The third-order valence-electron chi connectivity index (χ3n) is 2.99. The van der Waals surface area contributed by atoms with Gasteiger partial charge in [0, 0.05) is 5.56 Å². The largest absolute Gasteiger partial charge is 0.466 e. The zero-order chi connectivity index (χ0) is 15.2. The number of carbonyl (C=O) groups is 2. The first-order chi connectivity index (χ1) is 10.1. The molecule has 108 valence electrons. The fraction of sp³-hybridized carbons (Fsp3) is 0.176. The molecule has 0 amide bonds. The van der Waals surface area contributed by atoms with Crippen LogP contribution >= 0.6 is 11.6 Å². The smallest absolute Gasteiger partial charge is 0.313 e. The van der Waals surface area contributed by atoms with Gasteiger partial charge in [-0.3, -0.25) is 9.59 Å². The SMILES string of the molecule is CCOC(=O)CC(=O)c1ccc(-c2ccccc2)cc1Cl. The molecule has 0 bridgehead atoms. The average Bonchev–Trinajstić information content (AvgIpc) is 2.48. The zero-order valence-corrected chi connectivity index (χ0v) is 12.4. The molecule has 0 spiro atoms. The summed E-state index contributed by atoms with van der Waals surface area (Å²) in [6.07, 6.45) is -0.293. The minimum atomic E-state index is -0.536. The Morgan fingerprint density at radius 2 is 1.76 bits per heavy atom. The van der Waals surface area contributed by atoms with Gasteiger partial charge in [0.15, 0.2) is 5.78 Å². The Kier molecular flexibility index (Phi) is 5.12. The average molecular weight is 303 g/mol. The summed E-state index contributed by atoms with van der Waals surface area (Å²) in [7, 11) is 0. The number of ether oxygens (including phenoxy) is 1. The van der Waals surface area contributed by atoms with E-state index in [1.54, 1.807) is 19.1 Å². The van der Waals surface area contributed by atoms with Gasteiger partial charge in [0.25, 0.3) is 0 Å². The van der Waals surface area contributed by atoms with E-state index < -0.39 is 5.97 Å². The maximum absolute atomic E-state index is 12.0. The van der Waals surface area contributed by atoms with Crippen LogP contribution in [0.3, 0.4) is 0 Å². The lowest BCUT2D eigenvalue weighted by Gasteiger charge is -2.07. The highest BCUT2D eigenvalue weighted by Crippen LogP contribution is 2.26. The van der Waals surface area contributed by atoms with Crippen LogP contribution in [0.2, 0.25) is 5.02 Å². The van der Waals surface area contributed by atoms with Gasteiger partial charge in [-0.1, -0.05) is 48.0 Å². The van der Waals surface area contributed by atoms with Crippen LogP contribution in [0.25, 0.3) is 11.1 Å². The molecule has 0 saturated heterocycles. The lowest BCUT2D eigenvalue weighted by atomic mass is 10.0. The topological polar surface area (TPSA) is 43.4 Å². The number of ketones is 1. The number of hydrogen-bond acceptors (Lipinski definition) is 3. The van der Waals surface area contributed by atoms with Gasteiger partial charge in [0.2, 0.25) is 0 Å². The Morgan fingerprint density at radius 1 is 1.05 bits per heavy atom. The lowest BCUT2D eigenvalue weighted by molar-refractivity contribution is -0.141. The van der Waals surface area contributed by atoms with Crippen LogP contribution in [-0.2, 0) is 9.53 Å². The molecule has 0 aliphatic rings. The molecule has 0 saturated carbocycles. The molecule has 0 aliphatic heterocycles. The molecule has 0 N–H and O–H groups in total. The molecule has 0 atom stereocenters. The second-order valence-corrected chi connectivity index (χ2v) is 4.87. The van der Waals surface area contributed by atoms with Crippen LogP contribution < -0.4 is 0 Å². The van der Waals surface area contributed by atoms with Gasteiger partial charge in [-0.25, -0.2) is 0 Å². The number of Topliss-reactive ketones (excluding diaryl/α,β-unsaturated/α-hetero) is 1. The normalized spacial score (nSPS) is 10.2. The van der Waals surface area contributed by atoms with Crippen molar-refractivity contribution in [3.05, 3.63) is 59.1 Å². The van der Waals surface area contributed by atoms with E-state index >= 15 is 0 Å². The molecular weight excluding hydrogens is 288 g/mol. The van der Waals surface area contributed by atoms with Crippen molar-refractivity contribution in [2.45, 2.75) is 13.3 Å². The van der Waals surface area contributed by atoms with Crippen molar-refractivity contribution in [2.24, 2.45) is 0 Å². The molecule has 0 heterocycles. The van der Waals surface area contributed by atoms with Crippen molar-refractivity contribution >= 4 is 23.4 Å². The Balaban J connectivity index is 2.20. The van der Waals surface area contributed by atoms with Gasteiger partial charge < -0.3 is 4.74 Å². The summed E-state index contributed by atoms with van der Waals surface area (Å²) < 4.78 is 4.76. The van der Waals surface area contributed by atoms with E-state index in [9.17, 15) is 9.59 Å². The van der Waals surface area contributed by atoms with Crippen molar-refractivity contribution in [1.82, 2.24) is 0 Å². The second kappa shape index (κ2) is 7.04. The minimum Gasteiger partial charge on any atom is -0.466 e. The quantitative estimate of drug-likeness (QED) is 0.473. The second-order valence-electron chi connectivity index (χ2n) is 4.47. The van der Waals surface area contributed by atoms with E-state index in [2.05, 4.69) is 0 Å². The molecule has 0 aromatic heterocycles. The van der Waals surface area contributed by atoms with E-state index in [1.165, 1.54) is 0 Å². The summed E-state index contributed by atoms with van der Waals surface area (Å²) in [5, 5.41) is 0.339. The van der Waals surface area contributed by atoms with Crippen molar-refractivity contribution in [1.29, 1.82) is 0 Å². The summed E-state index contributed by atoms with van der Waals surface area (Å²) in [6.45, 7) is 1.96. The summed E-state index contributed by atoms with van der Waals surface area (Å²) in [5.41, 5.74) is 2.28. The van der Waals surface area contributed by atoms with Gasteiger partial charge in [-0.2, -0.15) is 0 Å². The Morgan fingerprint density at radius 3 is 2.38 bits per heavy atom. The predicted octanol–water partition coefficient (Wildman–Crippen LogP) is 4.14. The van der Waals surface area contributed by atoms with E-state index in [0.717, 1.165) is 11.1 Å². The molecule has 2 rings (SSSR count). The molecule has 4 heteroatoms. The molecular formula is C17H15ClO3. The van der Waals surface area contributed by atoms with Gasteiger partial charge in [-0.05, 0) is 30.2 Å². The van der Waals surface area contributed by atoms with Crippen LogP contribution in [0.5, 0.6) is 0 Å². The number of hydrogen-bond donors (Lipinski definition) is 0. The number of esters is 1. The summed E-state index contributed by atoms with van der Waals surface area (Å²) >= 11 is 6.16. The molecule has 3 nitrogen and oxygen atoms in total. The van der Waals surface area contributed by atoms with Gasteiger partial charge in [-0.15, -0.1) is 0 Å². The number of benzene rings is 2. The fourth-order valence-electron chi connectivity index (χ4n) is 1.99. The number of rotatable bonds is 5. The molecule has 0 unspecified atom stereocenters. The van der Waals surface area contributed by atoms with E-state index in [0.29, 0.717) is 10.6 Å². The maximum Gasteiger partial charge on any atom is 0.313 e.